The average molecular weight is 336 g/mol. The molecule has 0 bridgehead atoms. The monoisotopic (exact) mass is 335 g/mol. The maximum Gasteiger partial charge on any atom is 0.261 e. The van der Waals surface area contributed by atoms with Gasteiger partial charge in [-0.2, -0.15) is 11.8 Å². The Hall–Kier alpha value is -1.16. The van der Waals surface area contributed by atoms with E-state index in [0.717, 1.165) is 28.9 Å². The Morgan fingerprint density at radius 3 is 2.83 bits per heavy atom. The van der Waals surface area contributed by atoms with Crippen LogP contribution in [0.3, 0.4) is 0 Å². The highest BCUT2D eigenvalue weighted by Gasteiger charge is 2.18. The van der Waals surface area contributed by atoms with Gasteiger partial charge in [0.2, 0.25) is 0 Å². The number of hydrogen-bond acceptors (Lipinski definition) is 3. The maximum absolute atomic E-state index is 12.3. The van der Waals surface area contributed by atoms with E-state index < -0.39 is 6.10 Å². The minimum absolute atomic E-state index is 0.00162. The number of rotatable bonds is 8. The van der Waals surface area contributed by atoms with E-state index in [4.69, 9.17) is 4.74 Å². The predicted octanol–water partition coefficient (Wildman–Crippen LogP) is 4.33. The van der Waals surface area contributed by atoms with Crippen molar-refractivity contribution in [3.63, 3.8) is 0 Å². The summed E-state index contributed by atoms with van der Waals surface area (Å²) in [7, 11) is 0. The Balaban J connectivity index is 1.69. The highest BCUT2D eigenvalue weighted by Crippen LogP contribution is 2.27. The summed E-state index contributed by atoms with van der Waals surface area (Å²) in [5, 5.41) is 3.82. The Labute approximate surface area is 144 Å². The molecule has 0 heterocycles. The Morgan fingerprint density at radius 2 is 2.13 bits per heavy atom. The molecule has 1 saturated carbocycles. The third-order valence-electron chi connectivity index (χ3n) is 4.24. The van der Waals surface area contributed by atoms with Gasteiger partial charge in [0, 0.05) is 17.5 Å². The molecular weight excluding hydrogens is 306 g/mol. The van der Waals surface area contributed by atoms with E-state index in [9.17, 15) is 4.79 Å². The Kier molecular flexibility index (Phi) is 7.80. The molecular formula is C19H29NO2S. The third-order valence-corrected chi connectivity index (χ3v) is 5.62. The van der Waals surface area contributed by atoms with Crippen LogP contribution in [0.5, 0.6) is 5.75 Å². The number of thioether (sulfide) groups is 1. The van der Waals surface area contributed by atoms with Gasteiger partial charge in [0.05, 0.1) is 0 Å². The molecule has 3 nitrogen and oxygen atoms in total. The van der Waals surface area contributed by atoms with Crippen LogP contribution < -0.4 is 10.1 Å². The largest absolute Gasteiger partial charge is 0.481 e. The number of benzene rings is 1. The third kappa shape index (κ3) is 6.46. The molecule has 1 aromatic carbocycles. The van der Waals surface area contributed by atoms with E-state index in [-0.39, 0.29) is 5.91 Å². The zero-order chi connectivity index (χ0) is 16.5. The molecule has 1 aliphatic carbocycles. The molecule has 0 unspecified atom stereocenters. The van der Waals surface area contributed by atoms with Crippen molar-refractivity contribution >= 4 is 17.7 Å². The Morgan fingerprint density at radius 1 is 1.35 bits per heavy atom. The van der Waals surface area contributed by atoms with Crippen LogP contribution in [0.1, 0.15) is 51.0 Å². The molecule has 1 fully saturated rings. The number of aryl methyl sites for hydroxylation is 1. The van der Waals surface area contributed by atoms with Crippen molar-refractivity contribution in [2.45, 2.75) is 63.7 Å². The first-order chi connectivity index (χ1) is 11.2. The lowest BCUT2D eigenvalue weighted by molar-refractivity contribution is -0.127. The minimum atomic E-state index is -0.406. The molecule has 128 valence electrons. The lowest BCUT2D eigenvalue weighted by Crippen LogP contribution is -2.39. The molecule has 0 saturated heterocycles. The summed E-state index contributed by atoms with van der Waals surface area (Å²) in [5.74, 6) is 1.76. The fourth-order valence-electron chi connectivity index (χ4n) is 2.92. The molecule has 23 heavy (non-hydrogen) atoms. The molecule has 0 aromatic heterocycles. The number of carbonyl (C=O) groups excluding carboxylic acids is 1. The highest BCUT2D eigenvalue weighted by atomic mass is 32.2. The van der Waals surface area contributed by atoms with Crippen LogP contribution in [0.15, 0.2) is 24.3 Å². The van der Waals surface area contributed by atoms with E-state index in [0.29, 0.717) is 6.42 Å². The van der Waals surface area contributed by atoms with E-state index in [2.05, 4.69) is 5.32 Å². The van der Waals surface area contributed by atoms with Crippen LogP contribution in [-0.4, -0.2) is 29.6 Å². The second-order valence-corrected chi connectivity index (χ2v) is 7.66. The van der Waals surface area contributed by atoms with Crippen LogP contribution in [-0.2, 0) is 4.79 Å². The van der Waals surface area contributed by atoms with Crippen LogP contribution in [0.2, 0.25) is 0 Å². The van der Waals surface area contributed by atoms with E-state index in [1.54, 1.807) is 0 Å². The van der Waals surface area contributed by atoms with E-state index in [1.165, 1.54) is 32.1 Å². The lowest BCUT2D eigenvalue weighted by Gasteiger charge is -2.21. The smallest absolute Gasteiger partial charge is 0.261 e. The standard InChI is InChI=1S/C19H29NO2S/c1-3-18(22-16-9-7-8-15(2)14-16)19(21)20-12-13-23-17-10-5-4-6-11-17/h7-9,14,17-18H,3-6,10-13H2,1-2H3,(H,20,21)/t18-/m1/s1. The summed E-state index contributed by atoms with van der Waals surface area (Å²) in [6.07, 6.45) is 7.08. The van der Waals surface area contributed by atoms with E-state index >= 15 is 0 Å². The van der Waals surface area contributed by atoms with Crippen molar-refractivity contribution in [1.29, 1.82) is 0 Å². The number of carbonyl (C=O) groups is 1. The van der Waals surface area contributed by atoms with Crippen LogP contribution in [0.4, 0.5) is 0 Å². The first-order valence-electron chi connectivity index (χ1n) is 8.81. The molecule has 1 N–H and O–H groups in total. The SMILES string of the molecule is CC[C@@H](Oc1cccc(C)c1)C(=O)NCCSC1CCCCC1. The average Bonchev–Trinajstić information content (AvgIpc) is 2.57. The zero-order valence-electron chi connectivity index (χ0n) is 14.3. The van der Waals surface area contributed by atoms with Crippen molar-refractivity contribution in [3.05, 3.63) is 29.8 Å². The van der Waals surface area contributed by atoms with E-state index in [1.807, 2.05) is 49.9 Å². The van der Waals surface area contributed by atoms with Gasteiger partial charge in [-0.1, -0.05) is 38.3 Å². The van der Waals surface area contributed by atoms with Gasteiger partial charge < -0.3 is 10.1 Å². The van der Waals surface area contributed by atoms with Crippen molar-refractivity contribution in [2.75, 3.05) is 12.3 Å². The predicted molar refractivity (Wildman–Crippen MR) is 98.2 cm³/mol. The summed E-state index contributed by atoms with van der Waals surface area (Å²) in [6, 6.07) is 7.85. The summed E-state index contributed by atoms with van der Waals surface area (Å²) in [6.45, 7) is 4.74. The van der Waals surface area contributed by atoms with Gasteiger partial charge in [0.15, 0.2) is 6.10 Å². The summed E-state index contributed by atoms with van der Waals surface area (Å²) in [4.78, 5) is 12.3. The summed E-state index contributed by atoms with van der Waals surface area (Å²) in [5.41, 5.74) is 1.14. The molecule has 1 amide bonds. The Bertz CT molecular complexity index is 486. The van der Waals surface area contributed by atoms with Crippen LogP contribution in [0.25, 0.3) is 0 Å². The van der Waals surface area contributed by atoms with Crippen molar-refractivity contribution < 1.29 is 9.53 Å². The van der Waals surface area contributed by atoms with Gasteiger partial charge in [0.1, 0.15) is 5.75 Å². The number of nitrogens with one attached hydrogen (secondary N) is 1. The quantitative estimate of drug-likeness (QED) is 0.718. The van der Waals surface area contributed by atoms with Gasteiger partial charge in [-0.3, -0.25) is 4.79 Å². The van der Waals surface area contributed by atoms with Gasteiger partial charge in [-0.25, -0.2) is 0 Å². The van der Waals surface area contributed by atoms with Gasteiger partial charge >= 0.3 is 0 Å². The summed E-state index contributed by atoms with van der Waals surface area (Å²) < 4.78 is 5.83. The zero-order valence-corrected chi connectivity index (χ0v) is 15.2. The van der Waals surface area contributed by atoms with Gasteiger partial charge in [0.25, 0.3) is 5.91 Å². The lowest BCUT2D eigenvalue weighted by atomic mass is 10.0. The van der Waals surface area contributed by atoms with Crippen molar-refractivity contribution in [2.24, 2.45) is 0 Å². The van der Waals surface area contributed by atoms with Gasteiger partial charge in [-0.05, 0) is 43.9 Å². The van der Waals surface area contributed by atoms with Crippen LogP contribution in [0, 0.1) is 6.92 Å². The molecule has 1 aliphatic rings. The summed E-state index contributed by atoms with van der Waals surface area (Å²) >= 11 is 2.01. The minimum Gasteiger partial charge on any atom is -0.481 e. The fourth-order valence-corrected chi connectivity index (χ4v) is 4.14. The molecule has 0 radical (unpaired) electrons. The molecule has 0 aliphatic heterocycles. The molecule has 0 spiro atoms. The van der Waals surface area contributed by atoms with Crippen LogP contribution >= 0.6 is 11.8 Å². The molecule has 1 atom stereocenters. The second kappa shape index (κ2) is 9.86. The number of ether oxygens (including phenoxy) is 1. The highest BCUT2D eigenvalue weighted by molar-refractivity contribution is 7.99. The van der Waals surface area contributed by atoms with Crippen molar-refractivity contribution in [1.82, 2.24) is 5.32 Å². The fraction of sp³-hybridized carbons (Fsp3) is 0.632. The first kappa shape index (κ1) is 18.2. The normalized spacial score (nSPS) is 16.8. The second-order valence-electron chi connectivity index (χ2n) is 6.25. The first-order valence-corrected chi connectivity index (χ1v) is 9.86. The molecule has 2 rings (SSSR count). The number of amides is 1. The molecule has 1 aromatic rings. The van der Waals surface area contributed by atoms with Gasteiger partial charge in [-0.15, -0.1) is 0 Å². The molecule has 4 heteroatoms. The topological polar surface area (TPSA) is 38.3 Å². The number of hydrogen-bond donors (Lipinski definition) is 1. The van der Waals surface area contributed by atoms with Crippen molar-refractivity contribution in [3.8, 4) is 5.75 Å². The maximum atomic E-state index is 12.3.